The number of carbonyl (C=O) groups excluding carboxylic acids is 2. The van der Waals surface area contributed by atoms with Crippen LogP contribution in [0.5, 0.6) is 0 Å². The van der Waals surface area contributed by atoms with E-state index in [2.05, 4.69) is 11.5 Å². The number of Topliss-reactive ketones (excluding diaryl/α,β-unsaturated/α-hetero) is 2. The summed E-state index contributed by atoms with van der Waals surface area (Å²) in [5.74, 6) is 0.333. The summed E-state index contributed by atoms with van der Waals surface area (Å²) in [4.78, 5) is 27.4. The third-order valence-electron chi connectivity index (χ3n) is 5.14. The molecule has 134 valence electrons. The second-order valence-corrected chi connectivity index (χ2v) is 6.86. The van der Waals surface area contributed by atoms with Crippen LogP contribution in [0.1, 0.15) is 46.4 Å². The Morgan fingerprint density at radius 3 is 1.65 bits per heavy atom. The Balaban J connectivity index is 1.66. The minimum Gasteiger partial charge on any atom is -0.294 e. The summed E-state index contributed by atoms with van der Waals surface area (Å²) < 4.78 is 0. The van der Waals surface area contributed by atoms with Gasteiger partial charge in [-0.05, 0) is 12.8 Å². The Morgan fingerprint density at radius 2 is 1.27 bits per heavy atom. The van der Waals surface area contributed by atoms with Gasteiger partial charge in [-0.2, -0.15) is 0 Å². The maximum atomic E-state index is 12.6. The van der Waals surface area contributed by atoms with Crippen molar-refractivity contribution in [1.82, 2.24) is 4.90 Å². The van der Waals surface area contributed by atoms with Crippen molar-refractivity contribution in [3.63, 3.8) is 0 Å². The van der Waals surface area contributed by atoms with Crippen molar-refractivity contribution in [1.29, 1.82) is 0 Å². The first-order chi connectivity index (χ1) is 12.7. The normalized spacial score (nSPS) is 20.0. The van der Waals surface area contributed by atoms with Crippen molar-refractivity contribution in [3.05, 3.63) is 84.4 Å². The van der Waals surface area contributed by atoms with Crippen molar-refractivity contribution in [2.45, 2.75) is 37.8 Å². The molecule has 0 aromatic heterocycles. The number of likely N-dealkylation sites (tertiary alicyclic amines) is 1. The van der Waals surface area contributed by atoms with Crippen LogP contribution in [-0.4, -0.2) is 35.1 Å². The fraction of sp³-hybridized carbons (Fsp3) is 0.304. The molecule has 26 heavy (non-hydrogen) atoms. The summed E-state index contributed by atoms with van der Waals surface area (Å²) in [6, 6.07) is 19.2. The molecule has 1 aliphatic heterocycles. The monoisotopic (exact) mass is 347 g/mol. The number of hydrogen-bond acceptors (Lipinski definition) is 3. The molecule has 0 radical (unpaired) electrons. The average molecular weight is 347 g/mol. The molecule has 2 aromatic rings. The van der Waals surface area contributed by atoms with Crippen LogP contribution in [0.2, 0.25) is 0 Å². The second-order valence-electron chi connectivity index (χ2n) is 6.86. The van der Waals surface area contributed by atoms with Gasteiger partial charge < -0.3 is 0 Å². The minimum atomic E-state index is 0.166. The Morgan fingerprint density at radius 1 is 0.846 bits per heavy atom. The summed E-state index contributed by atoms with van der Waals surface area (Å²) in [5.41, 5.74) is 1.52. The molecular weight excluding hydrogens is 322 g/mol. The maximum absolute atomic E-state index is 12.6. The van der Waals surface area contributed by atoms with Crippen LogP contribution in [0, 0.1) is 0 Å². The molecule has 0 spiro atoms. The summed E-state index contributed by atoms with van der Waals surface area (Å²) in [6.45, 7) is 4.56. The summed E-state index contributed by atoms with van der Waals surface area (Å²) in [6.07, 6.45) is 4.74. The Labute approximate surface area is 155 Å². The van der Waals surface area contributed by atoms with Gasteiger partial charge in [0.05, 0.1) is 0 Å². The van der Waals surface area contributed by atoms with Gasteiger partial charge in [-0.3, -0.25) is 14.5 Å². The zero-order valence-electron chi connectivity index (χ0n) is 15.0. The Bertz CT molecular complexity index is 693. The molecule has 1 heterocycles. The predicted molar refractivity (Wildman–Crippen MR) is 104 cm³/mol. The molecular formula is C23H25NO2. The minimum absolute atomic E-state index is 0.166. The first-order valence-corrected chi connectivity index (χ1v) is 9.22. The molecule has 2 aromatic carbocycles. The van der Waals surface area contributed by atoms with E-state index in [-0.39, 0.29) is 23.7 Å². The molecule has 0 saturated carbocycles. The van der Waals surface area contributed by atoms with Crippen molar-refractivity contribution >= 4 is 11.6 Å². The van der Waals surface area contributed by atoms with E-state index in [1.54, 1.807) is 0 Å². The fourth-order valence-electron chi connectivity index (χ4n) is 3.81. The van der Waals surface area contributed by atoms with Gasteiger partial charge in [0.2, 0.25) is 0 Å². The van der Waals surface area contributed by atoms with E-state index in [1.807, 2.05) is 66.7 Å². The first-order valence-electron chi connectivity index (χ1n) is 9.22. The molecule has 1 aliphatic rings. The lowest BCUT2D eigenvalue weighted by Crippen LogP contribution is -2.38. The zero-order chi connectivity index (χ0) is 18.4. The van der Waals surface area contributed by atoms with Crippen LogP contribution >= 0.6 is 0 Å². The zero-order valence-corrected chi connectivity index (χ0v) is 15.0. The van der Waals surface area contributed by atoms with Crippen molar-refractivity contribution in [2.75, 3.05) is 6.54 Å². The lowest BCUT2D eigenvalue weighted by atomic mass is 10.0. The smallest absolute Gasteiger partial charge is 0.164 e. The van der Waals surface area contributed by atoms with Crippen molar-refractivity contribution < 1.29 is 9.59 Å². The highest BCUT2D eigenvalue weighted by Gasteiger charge is 2.35. The molecule has 1 fully saturated rings. The van der Waals surface area contributed by atoms with E-state index in [1.165, 1.54) is 0 Å². The number of nitrogens with zero attached hydrogens (tertiary/aromatic N) is 1. The summed E-state index contributed by atoms with van der Waals surface area (Å²) in [7, 11) is 0. The van der Waals surface area contributed by atoms with Crippen LogP contribution in [0.15, 0.2) is 73.3 Å². The molecule has 2 atom stereocenters. The van der Waals surface area contributed by atoms with Crippen LogP contribution in [0.25, 0.3) is 0 Å². The van der Waals surface area contributed by atoms with Crippen molar-refractivity contribution in [3.8, 4) is 0 Å². The third-order valence-corrected chi connectivity index (χ3v) is 5.14. The lowest BCUT2D eigenvalue weighted by Gasteiger charge is -2.28. The van der Waals surface area contributed by atoms with Crippen LogP contribution < -0.4 is 0 Å². The molecule has 0 bridgehead atoms. The van der Waals surface area contributed by atoms with E-state index in [4.69, 9.17) is 0 Å². The van der Waals surface area contributed by atoms with Crippen molar-refractivity contribution in [2.24, 2.45) is 0 Å². The Hall–Kier alpha value is -2.52. The van der Waals surface area contributed by atoms with Gasteiger partial charge in [0.1, 0.15) is 0 Å². The molecule has 0 unspecified atom stereocenters. The fourth-order valence-corrected chi connectivity index (χ4v) is 3.81. The maximum Gasteiger partial charge on any atom is 0.164 e. The quantitative estimate of drug-likeness (QED) is 0.519. The lowest BCUT2D eigenvalue weighted by molar-refractivity contribution is 0.0900. The standard InChI is InChI=1S/C23H25NO2/c1-2-15-24-20(16-22(25)18-9-5-3-6-10-18)13-14-21(24)17-23(26)19-11-7-4-8-12-19/h2-12,20-21H,1,13-17H2/t20-,21+. The number of benzene rings is 2. The first kappa shape index (κ1) is 18.3. The average Bonchev–Trinajstić information content (AvgIpc) is 3.05. The van der Waals surface area contributed by atoms with Crippen LogP contribution in [-0.2, 0) is 0 Å². The van der Waals surface area contributed by atoms with Gasteiger partial charge in [-0.1, -0.05) is 66.7 Å². The molecule has 3 heteroatoms. The van der Waals surface area contributed by atoms with E-state index >= 15 is 0 Å². The topological polar surface area (TPSA) is 37.4 Å². The second kappa shape index (κ2) is 8.72. The van der Waals surface area contributed by atoms with E-state index in [0.29, 0.717) is 19.4 Å². The summed E-state index contributed by atoms with van der Waals surface area (Å²) in [5, 5.41) is 0. The van der Waals surface area contributed by atoms with Gasteiger partial charge in [-0.25, -0.2) is 0 Å². The highest BCUT2D eigenvalue weighted by molar-refractivity contribution is 5.97. The van der Waals surface area contributed by atoms with Crippen LogP contribution in [0.4, 0.5) is 0 Å². The molecule has 1 saturated heterocycles. The SMILES string of the molecule is C=CCN1[C@@H](CC(=O)c2ccccc2)CC[C@H]1CC(=O)c1ccccc1. The largest absolute Gasteiger partial charge is 0.294 e. The van der Waals surface area contributed by atoms with Gasteiger partial charge in [0.15, 0.2) is 11.6 Å². The number of rotatable bonds is 8. The third kappa shape index (κ3) is 4.36. The van der Waals surface area contributed by atoms with E-state index in [0.717, 1.165) is 24.0 Å². The van der Waals surface area contributed by atoms with Gasteiger partial charge in [-0.15, -0.1) is 6.58 Å². The number of ketones is 2. The summed E-state index contributed by atoms with van der Waals surface area (Å²) >= 11 is 0. The highest BCUT2D eigenvalue weighted by Crippen LogP contribution is 2.30. The molecule has 3 rings (SSSR count). The van der Waals surface area contributed by atoms with Gasteiger partial charge >= 0.3 is 0 Å². The highest BCUT2D eigenvalue weighted by atomic mass is 16.1. The van der Waals surface area contributed by atoms with Crippen LogP contribution in [0.3, 0.4) is 0 Å². The molecule has 0 aliphatic carbocycles. The van der Waals surface area contributed by atoms with Gasteiger partial charge in [0, 0.05) is 42.6 Å². The molecule has 0 amide bonds. The predicted octanol–water partition coefficient (Wildman–Crippen LogP) is 4.55. The van der Waals surface area contributed by atoms with E-state index in [9.17, 15) is 9.59 Å². The Kier molecular flexibility index (Phi) is 6.13. The van der Waals surface area contributed by atoms with Gasteiger partial charge in [0.25, 0.3) is 0 Å². The van der Waals surface area contributed by atoms with E-state index < -0.39 is 0 Å². The number of hydrogen-bond donors (Lipinski definition) is 0. The molecule has 0 N–H and O–H groups in total. The number of carbonyl (C=O) groups is 2. The molecule has 3 nitrogen and oxygen atoms in total.